The maximum Gasteiger partial charge on any atom is 0.387 e. The third kappa shape index (κ3) is 5.50. The summed E-state index contributed by atoms with van der Waals surface area (Å²) in [5, 5.41) is 18.7. The first-order valence-corrected chi connectivity index (χ1v) is 7.43. The van der Waals surface area contributed by atoms with Gasteiger partial charge >= 0.3 is 19.2 Å². The molecular weight excluding hydrogens is 392 g/mol. The Balaban J connectivity index is 2.14. The summed E-state index contributed by atoms with van der Waals surface area (Å²) in [6, 6.07) is 5.48. The lowest BCUT2D eigenvalue weighted by atomic mass is 10.1. The summed E-state index contributed by atoms with van der Waals surface area (Å²) in [5.41, 5.74) is -0.819. The van der Waals surface area contributed by atoms with Crippen LogP contribution in [0.4, 0.5) is 17.6 Å². The summed E-state index contributed by atoms with van der Waals surface area (Å²) < 4.78 is 62.4. The second-order valence-corrected chi connectivity index (χ2v) is 5.12. The Morgan fingerprint density at radius 2 is 1.54 bits per heavy atom. The van der Waals surface area contributed by atoms with Crippen LogP contribution in [0.5, 0.6) is 23.0 Å². The van der Waals surface area contributed by atoms with Crippen molar-refractivity contribution in [2.24, 2.45) is 0 Å². The smallest absolute Gasteiger partial charge is 0.387 e. The summed E-state index contributed by atoms with van der Waals surface area (Å²) in [6.45, 7) is -7.50. The van der Waals surface area contributed by atoms with E-state index in [0.717, 1.165) is 30.3 Å². The molecule has 0 aromatic heterocycles. The van der Waals surface area contributed by atoms with Crippen LogP contribution in [0, 0.1) is 0 Å². The van der Waals surface area contributed by atoms with Crippen LogP contribution >= 0.6 is 0 Å². The van der Waals surface area contributed by atoms with E-state index in [1.807, 2.05) is 0 Å². The fourth-order valence-corrected chi connectivity index (χ4v) is 2.08. The molecule has 7 nitrogen and oxygen atoms in total. The third-order valence-corrected chi connectivity index (χ3v) is 3.23. The van der Waals surface area contributed by atoms with E-state index < -0.39 is 54.4 Å². The molecule has 0 bridgehead atoms. The Morgan fingerprint density at radius 3 is 2.14 bits per heavy atom. The lowest BCUT2D eigenvalue weighted by Crippen LogP contribution is -2.16. The first-order chi connectivity index (χ1) is 13.2. The van der Waals surface area contributed by atoms with E-state index in [-0.39, 0.29) is 11.3 Å². The molecule has 0 aliphatic carbocycles. The number of esters is 1. The molecular formula is C17H12F4O7. The van der Waals surface area contributed by atoms with Crippen LogP contribution in [0.25, 0.3) is 0 Å². The Kier molecular flexibility index (Phi) is 6.64. The maximum absolute atomic E-state index is 12.5. The minimum absolute atomic E-state index is 0.315. The summed E-state index contributed by atoms with van der Waals surface area (Å²) in [7, 11) is 0. The number of rotatable bonds is 8. The van der Waals surface area contributed by atoms with Gasteiger partial charge in [0.25, 0.3) is 0 Å². The number of alkyl halides is 4. The monoisotopic (exact) mass is 404 g/mol. The summed E-state index contributed by atoms with van der Waals surface area (Å²) in [5.74, 6) is -4.29. The van der Waals surface area contributed by atoms with Gasteiger partial charge < -0.3 is 24.4 Å². The number of carbonyl (C=O) groups is 2. The number of ketones is 1. The fourth-order valence-electron chi connectivity index (χ4n) is 2.08. The van der Waals surface area contributed by atoms with Crippen molar-refractivity contribution in [1.82, 2.24) is 0 Å². The number of hydrogen-bond donors (Lipinski definition) is 2. The Labute approximate surface area is 154 Å². The molecule has 150 valence electrons. The zero-order valence-electron chi connectivity index (χ0n) is 13.8. The number of phenols is 2. The van der Waals surface area contributed by atoms with Gasteiger partial charge in [0, 0.05) is 12.1 Å². The van der Waals surface area contributed by atoms with Gasteiger partial charge in [0.1, 0.15) is 28.6 Å². The van der Waals surface area contributed by atoms with Gasteiger partial charge in [0.05, 0.1) is 5.56 Å². The second-order valence-electron chi connectivity index (χ2n) is 5.12. The van der Waals surface area contributed by atoms with E-state index in [2.05, 4.69) is 9.47 Å². The molecule has 0 spiro atoms. The fraction of sp³-hybridized carbons (Fsp3) is 0.176. The van der Waals surface area contributed by atoms with Gasteiger partial charge in [-0.05, 0) is 24.3 Å². The van der Waals surface area contributed by atoms with Crippen LogP contribution in [0.2, 0.25) is 0 Å². The predicted octanol–water partition coefficient (Wildman–Crippen LogP) is 3.34. The number of phenolic OH excluding ortho intramolecular Hbond substituents is 2. The van der Waals surface area contributed by atoms with Crippen molar-refractivity contribution in [2.75, 3.05) is 6.61 Å². The minimum atomic E-state index is -3.36. The van der Waals surface area contributed by atoms with Crippen molar-refractivity contribution in [3.8, 4) is 23.0 Å². The Hall–Kier alpha value is -3.50. The van der Waals surface area contributed by atoms with E-state index in [9.17, 15) is 32.3 Å². The van der Waals surface area contributed by atoms with Gasteiger partial charge in [-0.15, -0.1) is 0 Å². The van der Waals surface area contributed by atoms with Gasteiger partial charge in [-0.1, -0.05) is 0 Å². The first kappa shape index (κ1) is 20.8. The largest absolute Gasteiger partial charge is 0.508 e. The van der Waals surface area contributed by atoms with E-state index in [1.165, 1.54) is 0 Å². The van der Waals surface area contributed by atoms with Gasteiger partial charge in [0.15, 0.2) is 6.61 Å². The molecule has 2 N–H and O–H groups in total. The van der Waals surface area contributed by atoms with Crippen LogP contribution < -0.4 is 9.47 Å². The predicted molar refractivity (Wildman–Crippen MR) is 84.1 cm³/mol. The molecule has 0 atom stereocenters. The van der Waals surface area contributed by atoms with Gasteiger partial charge in [-0.3, -0.25) is 4.79 Å². The molecule has 0 radical (unpaired) electrons. The standard InChI is InChI=1S/C17H12F4O7/c18-16(19)27-9-2-4-10(14(6-9)28-17(20)21)13(24)7-26-15(25)11-3-1-8(22)5-12(11)23/h1-6,16-17,22-23H,7H2. The van der Waals surface area contributed by atoms with Crippen molar-refractivity contribution in [1.29, 1.82) is 0 Å². The van der Waals surface area contributed by atoms with Crippen LogP contribution in [0.3, 0.4) is 0 Å². The van der Waals surface area contributed by atoms with Gasteiger partial charge in [-0.2, -0.15) is 17.6 Å². The highest BCUT2D eigenvalue weighted by molar-refractivity contribution is 6.02. The third-order valence-electron chi connectivity index (χ3n) is 3.23. The van der Waals surface area contributed by atoms with Crippen molar-refractivity contribution in [2.45, 2.75) is 13.2 Å². The normalized spacial score (nSPS) is 10.8. The highest BCUT2D eigenvalue weighted by Gasteiger charge is 2.21. The number of aromatic hydroxyl groups is 2. The molecule has 2 aromatic rings. The maximum atomic E-state index is 12.5. The van der Waals surface area contributed by atoms with E-state index in [1.54, 1.807) is 0 Å². The molecule has 0 aliphatic heterocycles. The summed E-state index contributed by atoms with van der Waals surface area (Å²) in [6.07, 6.45) is 0. The van der Waals surface area contributed by atoms with Crippen molar-refractivity contribution in [3.05, 3.63) is 47.5 Å². The molecule has 11 heteroatoms. The molecule has 0 fully saturated rings. The van der Waals surface area contributed by atoms with Crippen molar-refractivity contribution >= 4 is 11.8 Å². The van der Waals surface area contributed by atoms with E-state index >= 15 is 0 Å². The molecule has 0 saturated carbocycles. The highest BCUT2D eigenvalue weighted by atomic mass is 19.3. The number of carbonyl (C=O) groups excluding carboxylic acids is 2. The van der Waals surface area contributed by atoms with E-state index in [0.29, 0.717) is 6.07 Å². The number of hydrogen-bond acceptors (Lipinski definition) is 7. The first-order valence-electron chi connectivity index (χ1n) is 7.43. The SMILES string of the molecule is O=C(OCC(=O)c1ccc(OC(F)F)cc1OC(F)F)c1ccc(O)cc1O. The number of Topliss-reactive ketones (excluding diaryl/α,β-unsaturated/α-hetero) is 1. The van der Waals surface area contributed by atoms with Gasteiger partial charge in [-0.25, -0.2) is 4.79 Å². The molecule has 28 heavy (non-hydrogen) atoms. The van der Waals surface area contributed by atoms with Gasteiger partial charge in [0.2, 0.25) is 5.78 Å². The molecule has 0 amide bonds. The van der Waals surface area contributed by atoms with Crippen LogP contribution in [0.15, 0.2) is 36.4 Å². The summed E-state index contributed by atoms with van der Waals surface area (Å²) in [4.78, 5) is 24.0. The Morgan fingerprint density at radius 1 is 0.893 bits per heavy atom. The summed E-state index contributed by atoms with van der Waals surface area (Å²) >= 11 is 0. The number of halogens is 4. The van der Waals surface area contributed by atoms with E-state index in [4.69, 9.17) is 9.84 Å². The lowest BCUT2D eigenvalue weighted by Gasteiger charge is -2.13. The average Bonchev–Trinajstić information content (AvgIpc) is 2.58. The van der Waals surface area contributed by atoms with Crippen LogP contribution in [0.1, 0.15) is 20.7 Å². The highest BCUT2D eigenvalue weighted by Crippen LogP contribution is 2.28. The minimum Gasteiger partial charge on any atom is -0.508 e. The number of ether oxygens (including phenoxy) is 3. The average molecular weight is 404 g/mol. The van der Waals surface area contributed by atoms with Crippen LogP contribution in [-0.2, 0) is 4.74 Å². The quantitative estimate of drug-likeness (QED) is 0.395. The molecule has 0 unspecified atom stereocenters. The van der Waals surface area contributed by atoms with Crippen molar-refractivity contribution in [3.63, 3.8) is 0 Å². The molecule has 0 heterocycles. The topological polar surface area (TPSA) is 102 Å². The second kappa shape index (κ2) is 8.93. The zero-order chi connectivity index (χ0) is 20.8. The Bertz CT molecular complexity index is 871. The van der Waals surface area contributed by atoms with Crippen LogP contribution in [-0.4, -0.2) is 41.8 Å². The molecule has 2 aromatic carbocycles. The van der Waals surface area contributed by atoms with Crippen molar-refractivity contribution < 1.29 is 51.6 Å². The number of benzene rings is 2. The zero-order valence-corrected chi connectivity index (χ0v) is 13.8. The molecule has 0 aliphatic rings. The molecule has 2 rings (SSSR count). The molecule has 0 saturated heterocycles. The lowest BCUT2D eigenvalue weighted by molar-refractivity contribution is -0.0545.